The van der Waals surface area contributed by atoms with Crippen molar-refractivity contribution < 1.29 is 9.90 Å². The van der Waals surface area contributed by atoms with E-state index in [-0.39, 0.29) is 0 Å². The van der Waals surface area contributed by atoms with Crippen LogP contribution in [-0.4, -0.2) is 17.1 Å². The predicted molar refractivity (Wildman–Crippen MR) is 48.8 cm³/mol. The second-order valence-electron chi connectivity index (χ2n) is 3.41. The first kappa shape index (κ1) is 11.0. The molecule has 1 atom stereocenters. The Bertz CT molecular complexity index is 175. The van der Waals surface area contributed by atoms with Crippen LogP contribution in [0, 0.1) is 5.92 Å². The molecule has 0 aromatic rings. The number of rotatable bonds is 5. The number of aliphatic carboxylic acids is 1. The molecule has 0 rings (SSSR count). The molecule has 0 spiro atoms. The lowest BCUT2D eigenvalue weighted by molar-refractivity contribution is -0.138. The summed E-state index contributed by atoms with van der Waals surface area (Å²) in [6.07, 6.45) is 0.817. The van der Waals surface area contributed by atoms with E-state index in [1.165, 1.54) is 0 Å². The topological polar surface area (TPSA) is 49.3 Å². The predicted octanol–water partition coefficient (Wildman–Crippen LogP) is 1.61. The van der Waals surface area contributed by atoms with Crippen LogP contribution in [0.2, 0.25) is 0 Å². The molecule has 0 bridgehead atoms. The summed E-state index contributed by atoms with van der Waals surface area (Å²) in [6, 6.07) is -0.545. The molecule has 70 valence electrons. The fourth-order valence-corrected chi connectivity index (χ4v) is 0.920. The number of hydrogen-bond acceptors (Lipinski definition) is 2. The lowest BCUT2D eigenvalue weighted by atomic mass is 10.1. The van der Waals surface area contributed by atoms with E-state index in [1.54, 1.807) is 6.92 Å². The zero-order chi connectivity index (χ0) is 9.72. The van der Waals surface area contributed by atoms with Crippen molar-refractivity contribution in [1.82, 2.24) is 5.32 Å². The Labute approximate surface area is 73.5 Å². The van der Waals surface area contributed by atoms with Gasteiger partial charge in [-0.2, -0.15) is 0 Å². The fraction of sp³-hybridized carbons (Fsp3) is 0.667. The third kappa shape index (κ3) is 4.77. The minimum atomic E-state index is -0.847. The molecule has 0 fully saturated rings. The van der Waals surface area contributed by atoms with Gasteiger partial charge in [0, 0.05) is 5.70 Å². The van der Waals surface area contributed by atoms with Gasteiger partial charge in [0.1, 0.15) is 6.04 Å². The Hall–Kier alpha value is -0.990. The van der Waals surface area contributed by atoms with Crippen molar-refractivity contribution in [2.75, 3.05) is 0 Å². The average Bonchev–Trinajstić information content (AvgIpc) is 1.84. The number of carbonyl (C=O) groups is 1. The monoisotopic (exact) mass is 171 g/mol. The van der Waals surface area contributed by atoms with E-state index in [0.717, 1.165) is 12.1 Å². The molecule has 0 aliphatic carbocycles. The van der Waals surface area contributed by atoms with E-state index in [1.807, 2.05) is 0 Å². The van der Waals surface area contributed by atoms with Crippen molar-refractivity contribution in [2.24, 2.45) is 5.92 Å². The van der Waals surface area contributed by atoms with Gasteiger partial charge in [-0.3, -0.25) is 4.79 Å². The summed E-state index contributed by atoms with van der Waals surface area (Å²) in [5.41, 5.74) is 0.792. The zero-order valence-corrected chi connectivity index (χ0v) is 7.92. The van der Waals surface area contributed by atoms with Crippen molar-refractivity contribution in [3.05, 3.63) is 12.3 Å². The number of hydrogen-bond donors (Lipinski definition) is 2. The minimum absolute atomic E-state index is 0.506. The van der Waals surface area contributed by atoms with Crippen LogP contribution in [0.15, 0.2) is 12.3 Å². The first-order valence-corrected chi connectivity index (χ1v) is 4.10. The highest BCUT2D eigenvalue weighted by Crippen LogP contribution is 2.06. The van der Waals surface area contributed by atoms with E-state index in [9.17, 15) is 4.79 Å². The molecule has 0 aliphatic heterocycles. The van der Waals surface area contributed by atoms with Crippen molar-refractivity contribution in [3.63, 3.8) is 0 Å². The van der Waals surface area contributed by atoms with E-state index in [0.29, 0.717) is 5.92 Å². The molecule has 0 radical (unpaired) electrons. The molecule has 12 heavy (non-hydrogen) atoms. The lowest BCUT2D eigenvalue weighted by Gasteiger charge is -2.14. The van der Waals surface area contributed by atoms with Gasteiger partial charge in [-0.1, -0.05) is 20.4 Å². The third-order valence-corrected chi connectivity index (χ3v) is 1.45. The summed E-state index contributed by atoms with van der Waals surface area (Å²) < 4.78 is 0. The van der Waals surface area contributed by atoms with Gasteiger partial charge >= 0.3 is 5.97 Å². The van der Waals surface area contributed by atoms with Crippen LogP contribution in [0.1, 0.15) is 27.2 Å². The second-order valence-corrected chi connectivity index (χ2v) is 3.41. The first-order valence-electron chi connectivity index (χ1n) is 4.10. The van der Waals surface area contributed by atoms with Gasteiger partial charge in [-0.25, -0.2) is 0 Å². The van der Waals surface area contributed by atoms with E-state index in [2.05, 4.69) is 25.7 Å². The Morgan fingerprint density at radius 2 is 2.00 bits per heavy atom. The van der Waals surface area contributed by atoms with Gasteiger partial charge in [0.05, 0.1) is 0 Å². The number of carboxylic acid groups (broad SMARTS) is 1. The SMILES string of the molecule is C=C(CC(C)C)N[C@H](C)C(=O)O. The molecule has 0 aromatic carbocycles. The van der Waals surface area contributed by atoms with Crippen molar-refractivity contribution >= 4 is 5.97 Å². The molecule has 3 nitrogen and oxygen atoms in total. The van der Waals surface area contributed by atoms with Crippen LogP contribution in [-0.2, 0) is 4.79 Å². The number of allylic oxidation sites excluding steroid dienone is 1. The number of carboxylic acids is 1. The van der Waals surface area contributed by atoms with Crippen LogP contribution >= 0.6 is 0 Å². The maximum atomic E-state index is 10.4. The van der Waals surface area contributed by atoms with E-state index < -0.39 is 12.0 Å². The van der Waals surface area contributed by atoms with Crippen LogP contribution in [0.4, 0.5) is 0 Å². The molecule has 0 heterocycles. The van der Waals surface area contributed by atoms with Crippen LogP contribution in [0.5, 0.6) is 0 Å². The minimum Gasteiger partial charge on any atom is -0.480 e. The molecule has 0 saturated carbocycles. The van der Waals surface area contributed by atoms with Gasteiger partial charge in [0.15, 0.2) is 0 Å². The van der Waals surface area contributed by atoms with Gasteiger partial charge in [0.2, 0.25) is 0 Å². The summed E-state index contributed by atoms with van der Waals surface area (Å²) in [6.45, 7) is 9.48. The summed E-state index contributed by atoms with van der Waals surface area (Å²) in [5.74, 6) is -0.342. The van der Waals surface area contributed by atoms with Crippen LogP contribution in [0.25, 0.3) is 0 Å². The molecule has 0 aromatic heterocycles. The Morgan fingerprint density at radius 3 is 2.33 bits per heavy atom. The second kappa shape index (κ2) is 4.80. The smallest absolute Gasteiger partial charge is 0.325 e. The van der Waals surface area contributed by atoms with Crippen LogP contribution in [0.3, 0.4) is 0 Å². The van der Waals surface area contributed by atoms with Gasteiger partial charge in [0.25, 0.3) is 0 Å². The molecular formula is C9H17NO2. The van der Waals surface area contributed by atoms with Crippen LogP contribution < -0.4 is 5.32 Å². The largest absolute Gasteiger partial charge is 0.480 e. The molecule has 0 unspecified atom stereocenters. The maximum absolute atomic E-state index is 10.4. The summed E-state index contributed by atoms with van der Waals surface area (Å²) in [4.78, 5) is 10.4. The standard InChI is InChI=1S/C9H17NO2/c1-6(2)5-7(3)10-8(4)9(11)12/h6,8,10H,3,5H2,1-2,4H3,(H,11,12)/t8-/m1/s1. The fourth-order valence-electron chi connectivity index (χ4n) is 0.920. The quantitative estimate of drug-likeness (QED) is 0.660. The molecule has 2 N–H and O–H groups in total. The van der Waals surface area contributed by atoms with Gasteiger partial charge in [-0.15, -0.1) is 0 Å². The van der Waals surface area contributed by atoms with Gasteiger partial charge < -0.3 is 10.4 Å². The third-order valence-electron chi connectivity index (χ3n) is 1.45. The first-order chi connectivity index (χ1) is 5.43. The van der Waals surface area contributed by atoms with Crippen molar-refractivity contribution in [1.29, 1.82) is 0 Å². The van der Waals surface area contributed by atoms with E-state index >= 15 is 0 Å². The van der Waals surface area contributed by atoms with Crippen molar-refractivity contribution in [3.8, 4) is 0 Å². The molecule has 3 heteroatoms. The Morgan fingerprint density at radius 1 is 1.50 bits per heavy atom. The Balaban J connectivity index is 3.77. The normalized spacial score (nSPS) is 12.7. The number of nitrogens with one attached hydrogen (secondary N) is 1. The summed E-state index contributed by atoms with van der Waals surface area (Å²) >= 11 is 0. The maximum Gasteiger partial charge on any atom is 0.325 e. The summed E-state index contributed by atoms with van der Waals surface area (Å²) in [7, 11) is 0. The zero-order valence-electron chi connectivity index (χ0n) is 7.92. The lowest BCUT2D eigenvalue weighted by Crippen LogP contribution is -2.33. The highest BCUT2D eigenvalue weighted by molar-refractivity contribution is 5.73. The molecule has 0 amide bonds. The molecular weight excluding hydrogens is 154 g/mol. The highest BCUT2D eigenvalue weighted by Gasteiger charge is 2.10. The summed E-state index contributed by atoms with van der Waals surface area (Å²) in [5, 5.41) is 11.4. The average molecular weight is 171 g/mol. The molecule has 0 saturated heterocycles. The van der Waals surface area contributed by atoms with Gasteiger partial charge in [-0.05, 0) is 19.3 Å². The Kier molecular flexibility index (Phi) is 4.40. The van der Waals surface area contributed by atoms with Crippen molar-refractivity contribution in [2.45, 2.75) is 33.2 Å². The van der Waals surface area contributed by atoms with E-state index in [4.69, 9.17) is 5.11 Å². The molecule has 0 aliphatic rings. The highest BCUT2D eigenvalue weighted by atomic mass is 16.4.